The second-order valence-corrected chi connectivity index (χ2v) is 6.75. The van der Waals surface area contributed by atoms with Gasteiger partial charge >= 0.3 is 0 Å². The Morgan fingerprint density at radius 1 is 0.957 bits per heavy atom. The molecule has 1 aliphatic rings. The molecule has 0 heterocycles. The Labute approximate surface area is 142 Å². The maximum atomic E-state index is 5.59. The summed E-state index contributed by atoms with van der Waals surface area (Å²) in [5.41, 5.74) is 2.74. The van der Waals surface area contributed by atoms with Gasteiger partial charge in [-0.1, -0.05) is 48.6 Å². The molecule has 0 saturated heterocycles. The highest BCUT2D eigenvalue weighted by atomic mass is 16.5. The van der Waals surface area contributed by atoms with Crippen LogP contribution in [0.4, 0.5) is 0 Å². The lowest BCUT2D eigenvalue weighted by Crippen LogP contribution is -2.13. The molecule has 1 aromatic carbocycles. The van der Waals surface area contributed by atoms with Crippen LogP contribution < -0.4 is 0 Å². The highest BCUT2D eigenvalue weighted by Gasteiger charge is 2.18. The van der Waals surface area contributed by atoms with Crippen LogP contribution in [0.3, 0.4) is 0 Å². The Balaban J connectivity index is 1.68. The van der Waals surface area contributed by atoms with E-state index in [1.807, 2.05) is 19.1 Å². The first-order valence-corrected chi connectivity index (χ1v) is 9.21. The Bertz CT molecular complexity index is 475. The molecule has 1 nitrogen and oxygen atoms in total. The molecular weight excluding hydrogens is 280 g/mol. The third-order valence-electron chi connectivity index (χ3n) is 4.94. The minimum absolute atomic E-state index is 0.703. The summed E-state index contributed by atoms with van der Waals surface area (Å²) in [6.45, 7) is 5.57. The molecular formula is C22H32O. The van der Waals surface area contributed by atoms with Gasteiger partial charge in [0.2, 0.25) is 0 Å². The van der Waals surface area contributed by atoms with E-state index in [4.69, 9.17) is 4.74 Å². The van der Waals surface area contributed by atoms with Crippen LogP contribution in [0.15, 0.2) is 48.6 Å². The van der Waals surface area contributed by atoms with E-state index in [0.29, 0.717) is 13.2 Å². The Kier molecular flexibility index (Phi) is 8.17. The van der Waals surface area contributed by atoms with Crippen molar-refractivity contribution in [2.45, 2.75) is 59.0 Å². The van der Waals surface area contributed by atoms with E-state index in [0.717, 1.165) is 11.8 Å². The molecule has 126 valence electrons. The van der Waals surface area contributed by atoms with Crippen LogP contribution in [-0.2, 0) is 17.8 Å². The van der Waals surface area contributed by atoms with Crippen molar-refractivity contribution in [3.63, 3.8) is 0 Å². The van der Waals surface area contributed by atoms with Crippen LogP contribution >= 0.6 is 0 Å². The van der Waals surface area contributed by atoms with Gasteiger partial charge in [-0.3, -0.25) is 0 Å². The molecule has 0 aliphatic heterocycles. The van der Waals surface area contributed by atoms with Crippen LogP contribution in [0.2, 0.25) is 0 Å². The number of rotatable bonds is 8. The normalized spacial score (nSPS) is 22.2. The van der Waals surface area contributed by atoms with Gasteiger partial charge in [-0.15, -0.1) is 0 Å². The molecule has 0 N–H and O–H groups in total. The lowest BCUT2D eigenvalue weighted by molar-refractivity contribution is 0.148. The maximum absolute atomic E-state index is 5.59. The molecule has 1 aromatic rings. The summed E-state index contributed by atoms with van der Waals surface area (Å²) >= 11 is 0. The zero-order valence-electron chi connectivity index (χ0n) is 14.8. The van der Waals surface area contributed by atoms with Gasteiger partial charge in [-0.25, -0.2) is 0 Å². The highest BCUT2D eigenvalue weighted by Crippen LogP contribution is 2.32. The molecule has 0 radical (unpaired) electrons. The van der Waals surface area contributed by atoms with E-state index >= 15 is 0 Å². The van der Waals surface area contributed by atoms with Crippen molar-refractivity contribution < 1.29 is 4.74 Å². The van der Waals surface area contributed by atoms with Gasteiger partial charge in [0.15, 0.2) is 0 Å². The van der Waals surface area contributed by atoms with Gasteiger partial charge in [0.1, 0.15) is 0 Å². The molecule has 1 fully saturated rings. The van der Waals surface area contributed by atoms with Crippen molar-refractivity contribution in [1.29, 1.82) is 0 Å². The van der Waals surface area contributed by atoms with E-state index < -0.39 is 0 Å². The first-order valence-electron chi connectivity index (χ1n) is 9.21. The quantitative estimate of drug-likeness (QED) is 0.416. The van der Waals surface area contributed by atoms with Gasteiger partial charge in [-0.05, 0) is 75.3 Å². The second-order valence-electron chi connectivity index (χ2n) is 6.75. The van der Waals surface area contributed by atoms with E-state index in [-0.39, 0.29) is 0 Å². The van der Waals surface area contributed by atoms with Crippen molar-refractivity contribution in [2.75, 3.05) is 6.61 Å². The molecule has 0 bridgehead atoms. The summed E-state index contributed by atoms with van der Waals surface area (Å²) in [5.74, 6) is 1.78. The van der Waals surface area contributed by atoms with Gasteiger partial charge in [0, 0.05) is 0 Å². The molecule has 1 heteroatoms. The minimum atomic E-state index is 0.703. The number of ether oxygens (including phenoxy) is 1. The third kappa shape index (κ3) is 6.74. The smallest absolute Gasteiger partial charge is 0.0721 e. The number of hydrogen-bond donors (Lipinski definition) is 0. The fraction of sp³-hybridized carbons (Fsp3) is 0.545. The molecule has 2 rings (SSSR count). The van der Waals surface area contributed by atoms with Gasteiger partial charge in [0.25, 0.3) is 0 Å². The summed E-state index contributed by atoms with van der Waals surface area (Å²) in [6.07, 6.45) is 16.8. The first-order chi connectivity index (χ1) is 11.3. The van der Waals surface area contributed by atoms with Crippen LogP contribution in [0.5, 0.6) is 0 Å². The third-order valence-corrected chi connectivity index (χ3v) is 4.94. The van der Waals surface area contributed by atoms with Crippen molar-refractivity contribution in [2.24, 2.45) is 11.8 Å². The summed E-state index contributed by atoms with van der Waals surface area (Å²) < 4.78 is 5.59. The molecule has 1 aliphatic carbocycles. The summed E-state index contributed by atoms with van der Waals surface area (Å²) in [7, 11) is 0. The fourth-order valence-corrected chi connectivity index (χ4v) is 3.46. The zero-order valence-corrected chi connectivity index (χ0v) is 14.8. The van der Waals surface area contributed by atoms with Crippen molar-refractivity contribution in [3.8, 4) is 0 Å². The number of aryl methyl sites for hydroxylation is 1. The SMILES string of the molecule is C/C=C\C1CCC(CCc2ccc(COC/C=C/C)cc2)CC1. The maximum Gasteiger partial charge on any atom is 0.0721 e. The Morgan fingerprint density at radius 3 is 2.30 bits per heavy atom. The van der Waals surface area contributed by atoms with E-state index in [9.17, 15) is 0 Å². The van der Waals surface area contributed by atoms with Crippen LogP contribution in [0.25, 0.3) is 0 Å². The summed E-state index contributed by atoms with van der Waals surface area (Å²) in [4.78, 5) is 0. The van der Waals surface area contributed by atoms with Gasteiger partial charge in [0.05, 0.1) is 13.2 Å². The molecule has 0 atom stereocenters. The highest BCUT2D eigenvalue weighted by molar-refractivity contribution is 5.22. The fourth-order valence-electron chi connectivity index (χ4n) is 3.46. The lowest BCUT2D eigenvalue weighted by Gasteiger charge is -2.26. The molecule has 0 spiro atoms. The first kappa shape index (κ1) is 18.0. The van der Waals surface area contributed by atoms with E-state index in [2.05, 4.69) is 43.3 Å². The molecule has 23 heavy (non-hydrogen) atoms. The van der Waals surface area contributed by atoms with E-state index in [1.165, 1.54) is 49.7 Å². The van der Waals surface area contributed by atoms with Crippen molar-refractivity contribution in [3.05, 3.63) is 59.7 Å². The minimum Gasteiger partial charge on any atom is -0.373 e. The van der Waals surface area contributed by atoms with Crippen LogP contribution in [0.1, 0.15) is 57.1 Å². The average molecular weight is 312 g/mol. The summed E-state index contributed by atoms with van der Waals surface area (Å²) in [6, 6.07) is 8.99. The molecule has 1 saturated carbocycles. The number of benzene rings is 1. The predicted octanol–water partition coefficient (Wildman–Crippen LogP) is 6.09. The van der Waals surface area contributed by atoms with Crippen LogP contribution in [-0.4, -0.2) is 6.61 Å². The molecule has 0 aromatic heterocycles. The van der Waals surface area contributed by atoms with E-state index in [1.54, 1.807) is 0 Å². The van der Waals surface area contributed by atoms with Crippen LogP contribution in [0, 0.1) is 11.8 Å². The van der Waals surface area contributed by atoms with Gasteiger partial charge < -0.3 is 4.74 Å². The predicted molar refractivity (Wildman–Crippen MR) is 99.5 cm³/mol. The van der Waals surface area contributed by atoms with Crippen molar-refractivity contribution >= 4 is 0 Å². The molecule has 0 amide bonds. The Morgan fingerprint density at radius 2 is 1.65 bits per heavy atom. The van der Waals surface area contributed by atoms with Gasteiger partial charge in [-0.2, -0.15) is 0 Å². The summed E-state index contributed by atoms with van der Waals surface area (Å²) in [5, 5.41) is 0. The monoisotopic (exact) mass is 312 g/mol. The molecule has 0 unspecified atom stereocenters. The Hall–Kier alpha value is -1.34. The standard InChI is InChI=1S/C22H32O/c1-3-5-17-23-18-22-15-13-21(14-16-22)12-11-20-9-7-19(6-4-2)8-10-20/h3-6,13-16,19-20H,7-12,17-18H2,1-2H3/b5-3+,6-4-. The number of hydrogen-bond acceptors (Lipinski definition) is 1. The largest absolute Gasteiger partial charge is 0.373 e. The average Bonchev–Trinajstić information content (AvgIpc) is 2.59. The lowest BCUT2D eigenvalue weighted by atomic mass is 9.79. The topological polar surface area (TPSA) is 9.23 Å². The number of allylic oxidation sites excluding steroid dienone is 3. The zero-order chi connectivity index (χ0) is 16.3. The second kappa shape index (κ2) is 10.4. The van der Waals surface area contributed by atoms with Crippen molar-refractivity contribution in [1.82, 2.24) is 0 Å².